The highest BCUT2D eigenvalue weighted by Crippen LogP contribution is 2.19. The van der Waals surface area contributed by atoms with Gasteiger partial charge in [0.15, 0.2) is 0 Å². The van der Waals surface area contributed by atoms with Crippen molar-refractivity contribution in [3.05, 3.63) is 29.3 Å². The number of nitrogens with two attached hydrogens (primary N) is 1. The second-order valence-corrected chi connectivity index (χ2v) is 4.64. The zero-order valence-electron chi connectivity index (χ0n) is 10.7. The Morgan fingerprint density at radius 2 is 2.05 bits per heavy atom. The molecule has 1 amide bonds. The predicted octanol–water partition coefficient (Wildman–Crippen LogP) is 1.80. The minimum absolute atomic E-state index is 0.0294. The Bertz CT molecular complexity index is 471. The van der Waals surface area contributed by atoms with E-state index in [1.54, 1.807) is 4.90 Å². The number of anilines is 1. The molecule has 1 atom stereocenters. The lowest BCUT2D eigenvalue weighted by Gasteiger charge is -2.22. The van der Waals surface area contributed by atoms with Crippen molar-refractivity contribution in [2.24, 2.45) is 0 Å². The summed E-state index contributed by atoms with van der Waals surface area (Å²) in [5.74, 6) is -2.24. The van der Waals surface area contributed by atoms with Crippen molar-refractivity contribution in [1.29, 1.82) is 0 Å². The first-order valence-corrected chi connectivity index (χ1v) is 6.14. The van der Waals surface area contributed by atoms with Gasteiger partial charge in [-0.3, -0.25) is 4.79 Å². The molecular weight excluding hydrogens is 254 g/mol. The molecule has 0 aromatic heterocycles. The van der Waals surface area contributed by atoms with E-state index in [9.17, 15) is 13.6 Å². The maximum absolute atomic E-state index is 13.4. The molecule has 1 fully saturated rings. The Morgan fingerprint density at radius 3 is 2.68 bits per heavy atom. The maximum Gasteiger partial charge on any atom is 0.254 e. The van der Waals surface area contributed by atoms with Crippen LogP contribution in [0.3, 0.4) is 0 Å². The van der Waals surface area contributed by atoms with Gasteiger partial charge < -0.3 is 15.4 Å². The van der Waals surface area contributed by atoms with E-state index in [0.717, 1.165) is 12.1 Å². The number of amides is 1. The van der Waals surface area contributed by atoms with Gasteiger partial charge in [0.05, 0.1) is 6.10 Å². The average Bonchev–Trinajstić information content (AvgIpc) is 2.59. The molecule has 0 spiro atoms. The van der Waals surface area contributed by atoms with Crippen LogP contribution in [0.15, 0.2) is 12.1 Å². The van der Waals surface area contributed by atoms with Gasteiger partial charge >= 0.3 is 0 Å². The summed E-state index contributed by atoms with van der Waals surface area (Å²) in [6.07, 6.45) is 0.616. The maximum atomic E-state index is 13.4. The zero-order valence-corrected chi connectivity index (χ0v) is 10.7. The number of nitrogen functional groups attached to an aromatic ring is 1. The van der Waals surface area contributed by atoms with Crippen LogP contribution >= 0.6 is 0 Å². The van der Waals surface area contributed by atoms with E-state index in [0.29, 0.717) is 26.1 Å². The van der Waals surface area contributed by atoms with Crippen molar-refractivity contribution in [1.82, 2.24) is 4.90 Å². The predicted molar refractivity (Wildman–Crippen MR) is 66.7 cm³/mol. The van der Waals surface area contributed by atoms with Gasteiger partial charge in [-0.25, -0.2) is 8.78 Å². The lowest BCUT2D eigenvalue weighted by atomic mass is 10.1. The van der Waals surface area contributed by atoms with Crippen molar-refractivity contribution in [3.8, 4) is 0 Å². The molecule has 0 bridgehead atoms. The molecule has 1 aliphatic heterocycles. The van der Waals surface area contributed by atoms with Gasteiger partial charge in [-0.1, -0.05) is 0 Å². The molecular formula is C13H16F2N2O2. The van der Waals surface area contributed by atoms with Crippen LogP contribution in [0, 0.1) is 11.6 Å². The zero-order chi connectivity index (χ0) is 14.0. The largest absolute Gasteiger partial charge is 0.394 e. The van der Waals surface area contributed by atoms with Crippen LogP contribution in [0.1, 0.15) is 23.7 Å². The number of hydrogen-bond acceptors (Lipinski definition) is 3. The number of benzene rings is 1. The lowest BCUT2D eigenvalue weighted by Crippen LogP contribution is -2.36. The highest BCUT2D eigenvalue weighted by Gasteiger charge is 2.22. The van der Waals surface area contributed by atoms with Gasteiger partial charge in [0, 0.05) is 25.3 Å². The number of hydrogen-bond donors (Lipinski definition) is 1. The van der Waals surface area contributed by atoms with Gasteiger partial charge in [0.1, 0.15) is 17.3 Å². The number of halogens is 2. The fourth-order valence-corrected chi connectivity index (χ4v) is 2.07. The Morgan fingerprint density at radius 1 is 1.42 bits per heavy atom. The monoisotopic (exact) mass is 270 g/mol. The summed E-state index contributed by atoms with van der Waals surface area (Å²) in [4.78, 5) is 13.8. The standard InChI is InChI=1S/C13H16F2N2O2/c1-8-7-17(3-2-4-19-8)13(18)9-5-10(14)12(16)11(15)6-9/h5-6,8H,2-4,7,16H2,1H3. The molecule has 0 aliphatic carbocycles. The normalized spacial score (nSPS) is 20.2. The van der Waals surface area contributed by atoms with E-state index < -0.39 is 23.2 Å². The number of carbonyl (C=O) groups is 1. The van der Waals surface area contributed by atoms with Crippen LogP contribution < -0.4 is 5.73 Å². The third-order valence-electron chi connectivity index (χ3n) is 3.07. The fourth-order valence-electron chi connectivity index (χ4n) is 2.07. The Labute approximate surface area is 110 Å². The molecule has 0 radical (unpaired) electrons. The number of nitrogens with zero attached hydrogens (tertiary/aromatic N) is 1. The van der Waals surface area contributed by atoms with Gasteiger partial charge in [-0.05, 0) is 25.5 Å². The van der Waals surface area contributed by atoms with Crippen LogP contribution in [-0.2, 0) is 4.74 Å². The summed E-state index contributed by atoms with van der Waals surface area (Å²) in [5, 5.41) is 0. The van der Waals surface area contributed by atoms with Crippen LogP contribution in [0.2, 0.25) is 0 Å². The second-order valence-electron chi connectivity index (χ2n) is 4.64. The van der Waals surface area contributed by atoms with Crippen LogP contribution in [0.5, 0.6) is 0 Å². The lowest BCUT2D eigenvalue weighted by molar-refractivity contribution is 0.0562. The third-order valence-corrected chi connectivity index (χ3v) is 3.07. The molecule has 1 aromatic carbocycles. The van der Waals surface area contributed by atoms with E-state index in [-0.39, 0.29) is 11.7 Å². The van der Waals surface area contributed by atoms with Gasteiger partial charge in [0.2, 0.25) is 0 Å². The quantitative estimate of drug-likeness (QED) is 0.792. The summed E-state index contributed by atoms with van der Waals surface area (Å²) in [7, 11) is 0. The number of ether oxygens (including phenoxy) is 1. The molecule has 1 aromatic rings. The third kappa shape index (κ3) is 3.01. The van der Waals surface area contributed by atoms with Gasteiger partial charge in [-0.2, -0.15) is 0 Å². The van der Waals surface area contributed by atoms with Crippen molar-refractivity contribution < 1.29 is 18.3 Å². The molecule has 1 heterocycles. The molecule has 4 nitrogen and oxygen atoms in total. The highest BCUT2D eigenvalue weighted by atomic mass is 19.1. The van der Waals surface area contributed by atoms with E-state index in [2.05, 4.69) is 0 Å². The molecule has 6 heteroatoms. The van der Waals surface area contributed by atoms with Crippen LogP contribution in [0.4, 0.5) is 14.5 Å². The first-order valence-electron chi connectivity index (χ1n) is 6.14. The molecule has 1 saturated heterocycles. The van der Waals surface area contributed by atoms with Gasteiger partial charge in [0.25, 0.3) is 5.91 Å². The first-order chi connectivity index (χ1) is 8.99. The molecule has 2 rings (SSSR count). The smallest absolute Gasteiger partial charge is 0.254 e. The highest BCUT2D eigenvalue weighted by molar-refractivity contribution is 5.94. The van der Waals surface area contributed by atoms with E-state index in [1.165, 1.54) is 0 Å². The summed E-state index contributed by atoms with van der Waals surface area (Å²) in [6, 6.07) is 1.94. The number of rotatable bonds is 1. The van der Waals surface area contributed by atoms with E-state index in [4.69, 9.17) is 10.5 Å². The average molecular weight is 270 g/mol. The summed E-state index contributed by atoms with van der Waals surface area (Å²) in [6.45, 7) is 3.36. The second kappa shape index (κ2) is 5.52. The van der Waals surface area contributed by atoms with Gasteiger partial charge in [-0.15, -0.1) is 0 Å². The summed E-state index contributed by atoms with van der Waals surface area (Å²) >= 11 is 0. The minimum atomic E-state index is -0.914. The van der Waals surface area contributed by atoms with E-state index >= 15 is 0 Å². The Kier molecular flexibility index (Phi) is 3.99. The summed E-state index contributed by atoms with van der Waals surface area (Å²) in [5.41, 5.74) is 4.59. The number of carbonyl (C=O) groups excluding carboxylic acids is 1. The van der Waals surface area contributed by atoms with E-state index in [1.807, 2.05) is 6.92 Å². The van der Waals surface area contributed by atoms with Crippen molar-refractivity contribution >= 4 is 11.6 Å². The topological polar surface area (TPSA) is 55.6 Å². The Hall–Kier alpha value is -1.69. The Balaban J connectivity index is 2.23. The molecule has 19 heavy (non-hydrogen) atoms. The molecule has 104 valence electrons. The molecule has 1 aliphatic rings. The van der Waals surface area contributed by atoms with Crippen LogP contribution in [0.25, 0.3) is 0 Å². The van der Waals surface area contributed by atoms with Crippen LogP contribution in [-0.4, -0.2) is 36.6 Å². The molecule has 2 N–H and O–H groups in total. The molecule has 1 unspecified atom stereocenters. The van der Waals surface area contributed by atoms with Crippen molar-refractivity contribution in [2.75, 3.05) is 25.4 Å². The fraction of sp³-hybridized carbons (Fsp3) is 0.462. The minimum Gasteiger partial charge on any atom is -0.394 e. The SMILES string of the molecule is CC1CN(C(=O)c2cc(F)c(N)c(F)c2)CCCO1. The molecule has 0 saturated carbocycles. The summed E-state index contributed by atoms with van der Waals surface area (Å²) < 4.78 is 32.2. The van der Waals surface area contributed by atoms with Crippen molar-refractivity contribution in [3.63, 3.8) is 0 Å². The first kappa shape index (κ1) is 13.7. The van der Waals surface area contributed by atoms with Crippen molar-refractivity contribution in [2.45, 2.75) is 19.4 Å².